The maximum Gasteiger partial charge on any atom is 0.253 e. The first-order valence-electron chi connectivity index (χ1n) is 9.32. The molecule has 0 radical (unpaired) electrons. The molecule has 7 nitrogen and oxygen atoms in total. The molecule has 29 heavy (non-hydrogen) atoms. The van der Waals surface area contributed by atoms with E-state index >= 15 is 0 Å². The van der Waals surface area contributed by atoms with Crippen molar-refractivity contribution in [1.29, 1.82) is 0 Å². The van der Waals surface area contributed by atoms with Gasteiger partial charge in [-0.2, -0.15) is 0 Å². The van der Waals surface area contributed by atoms with Gasteiger partial charge in [-0.25, -0.2) is 13.6 Å². The molecule has 152 valence electrons. The summed E-state index contributed by atoms with van der Waals surface area (Å²) < 4.78 is 30.9. The second-order valence-corrected chi connectivity index (χ2v) is 8.92. The summed E-state index contributed by atoms with van der Waals surface area (Å²) in [7, 11) is -0.489. The van der Waals surface area contributed by atoms with Crippen LogP contribution in [0.5, 0.6) is 5.75 Å². The minimum atomic E-state index is -3.81. The van der Waals surface area contributed by atoms with Gasteiger partial charge >= 0.3 is 0 Å². The first kappa shape index (κ1) is 19.5. The van der Waals surface area contributed by atoms with Crippen LogP contribution in [0.15, 0.2) is 46.1 Å². The summed E-state index contributed by atoms with van der Waals surface area (Å²) in [5.74, 6) is 0.626. The maximum absolute atomic E-state index is 12.5. The Kier molecular flexibility index (Phi) is 4.63. The number of nitrogens with zero attached hydrogens (tertiary/aromatic N) is 2. The number of hydrogen-bond donors (Lipinski definition) is 1. The van der Waals surface area contributed by atoms with Crippen molar-refractivity contribution in [3.63, 3.8) is 0 Å². The van der Waals surface area contributed by atoms with Gasteiger partial charge in [0.05, 0.1) is 23.2 Å². The van der Waals surface area contributed by atoms with Crippen LogP contribution in [0.25, 0.3) is 10.9 Å². The molecule has 0 saturated carbocycles. The molecule has 2 N–H and O–H groups in total. The highest BCUT2D eigenvalue weighted by atomic mass is 32.2. The van der Waals surface area contributed by atoms with Crippen molar-refractivity contribution in [2.24, 2.45) is 12.2 Å². The maximum atomic E-state index is 12.5. The topological polar surface area (TPSA) is 94.6 Å². The molecule has 0 spiro atoms. The fourth-order valence-corrected chi connectivity index (χ4v) is 4.53. The highest BCUT2D eigenvalue weighted by Gasteiger charge is 2.23. The fraction of sp³-hybridized carbons (Fsp3) is 0.286. The summed E-state index contributed by atoms with van der Waals surface area (Å²) in [5, 5.41) is 6.26. The van der Waals surface area contributed by atoms with Crippen LogP contribution in [-0.4, -0.2) is 26.6 Å². The van der Waals surface area contributed by atoms with Crippen LogP contribution in [0.2, 0.25) is 0 Å². The quantitative estimate of drug-likeness (QED) is 0.712. The lowest BCUT2D eigenvalue weighted by Crippen LogP contribution is -2.26. The third-order valence-corrected chi connectivity index (χ3v) is 6.42. The van der Waals surface area contributed by atoms with Gasteiger partial charge in [-0.1, -0.05) is 6.07 Å². The number of anilines is 2. The molecule has 1 aromatic heterocycles. The van der Waals surface area contributed by atoms with E-state index in [1.54, 1.807) is 37.8 Å². The Bertz CT molecular complexity index is 1300. The molecule has 0 aliphatic carbocycles. The normalized spacial score (nSPS) is 14.1. The summed E-state index contributed by atoms with van der Waals surface area (Å²) in [5.41, 5.74) is 4.06. The van der Waals surface area contributed by atoms with Crippen LogP contribution >= 0.6 is 0 Å². The van der Waals surface area contributed by atoms with E-state index in [9.17, 15) is 13.2 Å². The van der Waals surface area contributed by atoms with Crippen LogP contribution in [0.3, 0.4) is 0 Å². The summed E-state index contributed by atoms with van der Waals surface area (Å²) >= 11 is 0. The van der Waals surface area contributed by atoms with E-state index in [0.717, 1.165) is 40.7 Å². The lowest BCUT2D eigenvalue weighted by molar-refractivity contribution is 0.415. The van der Waals surface area contributed by atoms with Crippen LogP contribution in [0.1, 0.15) is 17.5 Å². The van der Waals surface area contributed by atoms with Gasteiger partial charge in [-0.15, -0.1) is 0 Å². The van der Waals surface area contributed by atoms with Crippen LogP contribution in [0, 0.1) is 6.92 Å². The Labute approximate surface area is 169 Å². The SMILES string of the molecule is COc1cc(N2CCCc3ccc(S(N)(=O)=O)cc32)c2cc(C)c(=O)n(C)c2c1. The number of aromatic nitrogens is 1. The van der Waals surface area contributed by atoms with Crippen molar-refractivity contribution in [2.45, 2.75) is 24.7 Å². The molecule has 4 rings (SSSR count). The van der Waals surface area contributed by atoms with E-state index in [1.807, 2.05) is 24.3 Å². The number of ether oxygens (including phenoxy) is 1. The van der Waals surface area contributed by atoms with Crippen molar-refractivity contribution in [2.75, 3.05) is 18.6 Å². The number of benzene rings is 2. The fourth-order valence-electron chi connectivity index (χ4n) is 4.00. The van der Waals surface area contributed by atoms with Gasteiger partial charge in [0.2, 0.25) is 10.0 Å². The Hall–Kier alpha value is -2.84. The Morgan fingerprint density at radius 3 is 2.55 bits per heavy atom. The van der Waals surface area contributed by atoms with Gasteiger partial charge in [-0.05, 0) is 43.5 Å². The molecule has 0 saturated heterocycles. The molecular weight excluding hydrogens is 390 g/mol. The van der Waals surface area contributed by atoms with Gasteiger partial charge in [0.1, 0.15) is 5.75 Å². The molecule has 2 aromatic carbocycles. The van der Waals surface area contributed by atoms with E-state index in [2.05, 4.69) is 4.90 Å². The standard InChI is InChI=1S/C21H23N3O4S/c1-13-9-17-19(23(2)21(13)25)10-15(28-3)11-20(17)24-8-4-5-14-6-7-16(12-18(14)24)29(22,26)27/h6-7,9-12H,4-5,8H2,1-3H3,(H2,22,26,27). The number of methoxy groups -OCH3 is 1. The van der Waals surface area contributed by atoms with Gasteiger partial charge in [-0.3, -0.25) is 4.79 Å². The van der Waals surface area contributed by atoms with E-state index in [0.29, 0.717) is 17.9 Å². The lowest BCUT2D eigenvalue weighted by atomic mass is 9.99. The molecule has 0 unspecified atom stereocenters. The number of rotatable bonds is 3. The predicted octanol–water partition coefficient (Wildman–Crippen LogP) is 2.59. The Morgan fingerprint density at radius 2 is 1.86 bits per heavy atom. The van der Waals surface area contributed by atoms with Gasteiger partial charge < -0.3 is 14.2 Å². The zero-order chi connectivity index (χ0) is 20.9. The molecule has 0 atom stereocenters. The predicted molar refractivity (Wildman–Crippen MR) is 114 cm³/mol. The summed E-state index contributed by atoms with van der Waals surface area (Å²) in [6.07, 6.45) is 1.78. The summed E-state index contributed by atoms with van der Waals surface area (Å²) in [6, 6.07) is 10.6. The molecule has 0 amide bonds. The largest absolute Gasteiger partial charge is 0.497 e. The zero-order valence-corrected chi connectivity index (χ0v) is 17.4. The summed E-state index contributed by atoms with van der Waals surface area (Å²) in [6.45, 7) is 2.50. The third-order valence-electron chi connectivity index (χ3n) is 5.50. The van der Waals surface area contributed by atoms with Gasteiger partial charge in [0.15, 0.2) is 0 Å². The smallest absolute Gasteiger partial charge is 0.253 e. The number of primary sulfonamides is 1. The highest BCUT2D eigenvalue weighted by molar-refractivity contribution is 7.89. The number of nitrogens with two attached hydrogens (primary N) is 1. The molecule has 8 heteroatoms. The zero-order valence-electron chi connectivity index (χ0n) is 16.6. The molecule has 2 heterocycles. The van der Waals surface area contributed by atoms with Crippen molar-refractivity contribution in [3.05, 3.63) is 57.9 Å². The molecule has 3 aromatic rings. The van der Waals surface area contributed by atoms with E-state index in [-0.39, 0.29) is 10.5 Å². The third kappa shape index (κ3) is 3.28. The van der Waals surface area contributed by atoms with Crippen molar-refractivity contribution in [1.82, 2.24) is 4.57 Å². The van der Waals surface area contributed by atoms with Crippen molar-refractivity contribution >= 4 is 32.3 Å². The number of fused-ring (bicyclic) bond motifs is 2. The average Bonchev–Trinajstić information content (AvgIpc) is 2.70. The van der Waals surface area contributed by atoms with Gasteiger partial charge in [0.25, 0.3) is 5.56 Å². The van der Waals surface area contributed by atoms with Crippen molar-refractivity contribution < 1.29 is 13.2 Å². The minimum Gasteiger partial charge on any atom is -0.497 e. The number of pyridine rings is 1. The molecule has 1 aliphatic rings. The van der Waals surface area contributed by atoms with Crippen molar-refractivity contribution in [3.8, 4) is 5.75 Å². The lowest BCUT2D eigenvalue weighted by Gasteiger charge is -2.33. The molecule has 0 fully saturated rings. The molecular formula is C21H23N3O4S. The average molecular weight is 413 g/mol. The number of aryl methyl sites for hydroxylation is 3. The van der Waals surface area contributed by atoms with E-state index in [4.69, 9.17) is 9.88 Å². The first-order chi connectivity index (χ1) is 13.7. The van der Waals surface area contributed by atoms with Crippen LogP contribution in [0.4, 0.5) is 11.4 Å². The highest BCUT2D eigenvalue weighted by Crippen LogP contribution is 2.40. The van der Waals surface area contributed by atoms with Gasteiger partial charge in [0, 0.05) is 42.4 Å². The second kappa shape index (κ2) is 6.89. The number of sulfonamides is 1. The minimum absolute atomic E-state index is 0.0627. The van der Waals surface area contributed by atoms with Crippen LogP contribution < -0.4 is 20.3 Å². The Balaban J connectivity index is 2.03. The van der Waals surface area contributed by atoms with E-state index < -0.39 is 10.0 Å². The molecule has 0 bridgehead atoms. The number of hydrogen-bond acceptors (Lipinski definition) is 5. The Morgan fingerprint density at radius 1 is 1.10 bits per heavy atom. The van der Waals surface area contributed by atoms with E-state index in [1.165, 1.54) is 0 Å². The second-order valence-electron chi connectivity index (χ2n) is 7.36. The first-order valence-corrected chi connectivity index (χ1v) is 10.9. The monoisotopic (exact) mass is 413 g/mol. The molecule has 1 aliphatic heterocycles. The van der Waals surface area contributed by atoms with Crippen LogP contribution in [-0.2, 0) is 23.5 Å². The summed E-state index contributed by atoms with van der Waals surface area (Å²) in [4.78, 5) is 14.6.